The van der Waals surface area contributed by atoms with Gasteiger partial charge in [-0.1, -0.05) is 43.3 Å². The summed E-state index contributed by atoms with van der Waals surface area (Å²) in [4.78, 5) is 0. The lowest BCUT2D eigenvalue weighted by Gasteiger charge is -2.20. The lowest BCUT2D eigenvalue weighted by atomic mass is 10.0. The van der Waals surface area contributed by atoms with Gasteiger partial charge in [-0.2, -0.15) is 5.26 Å². The van der Waals surface area contributed by atoms with Crippen LogP contribution < -0.4 is 10.1 Å². The lowest BCUT2D eigenvalue weighted by Crippen LogP contribution is -2.20. The van der Waals surface area contributed by atoms with Gasteiger partial charge in [-0.05, 0) is 25.8 Å². The highest BCUT2D eigenvalue weighted by Gasteiger charge is 2.16. The van der Waals surface area contributed by atoms with Gasteiger partial charge >= 0.3 is 0 Å². The number of hydrogen-bond acceptors (Lipinski definition) is 3. The fourth-order valence-corrected chi connectivity index (χ4v) is 2.35. The van der Waals surface area contributed by atoms with Crippen molar-refractivity contribution in [2.24, 2.45) is 0 Å². The van der Waals surface area contributed by atoms with Gasteiger partial charge in [0.15, 0.2) is 6.10 Å². The van der Waals surface area contributed by atoms with E-state index < -0.39 is 6.10 Å². The second kappa shape index (κ2) is 6.40. The maximum absolute atomic E-state index is 9.01. The maximum atomic E-state index is 9.01. The summed E-state index contributed by atoms with van der Waals surface area (Å²) in [6.45, 7) is 6.85. The first-order chi connectivity index (χ1) is 9.67. The van der Waals surface area contributed by atoms with Crippen molar-refractivity contribution in [1.29, 1.82) is 5.26 Å². The quantitative estimate of drug-likeness (QED) is 0.897. The minimum Gasteiger partial charge on any atom is -0.475 e. The zero-order valence-corrected chi connectivity index (χ0v) is 12.2. The molecule has 0 saturated carbocycles. The molecular formula is C17H20N2O. The van der Waals surface area contributed by atoms with Crippen molar-refractivity contribution in [3.05, 3.63) is 42.0 Å². The van der Waals surface area contributed by atoms with Crippen molar-refractivity contribution in [2.45, 2.75) is 32.9 Å². The van der Waals surface area contributed by atoms with Gasteiger partial charge in [0.1, 0.15) is 11.8 Å². The smallest absolute Gasteiger partial charge is 0.181 e. The summed E-state index contributed by atoms with van der Waals surface area (Å²) in [5.41, 5.74) is 1.09. The standard InChI is InChI=1S/C17H20N2O/c1-4-19-13(3)15-10-9-14-7-5-6-8-16(14)17(15)20-12(2)11-18/h5-10,12-13,19H,4H2,1-3H3. The molecule has 0 amide bonds. The summed E-state index contributed by atoms with van der Waals surface area (Å²) in [6, 6.07) is 14.6. The minimum atomic E-state index is -0.464. The molecule has 0 spiro atoms. The van der Waals surface area contributed by atoms with Crippen molar-refractivity contribution in [3.8, 4) is 11.8 Å². The first kappa shape index (κ1) is 14.4. The molecule has 2 unspecified atom stereocenters. The molecule has 0 aliphatic heterocycles. The Balaban J connectivity index is 2.56. The first-order valence-corrected chi connectivity index (χ1v) is 6.98. The van der Waals surface area contributed by atoms with Crippen LogP contribution in [0.25, 0.3) is 10.8 Å². The normalized spacial score (nSPS) is 13.7. The van der Waals surface area contributed by atoms with E-state index in [4.69, 9.17) is 10.00 Å². The molecular weight excluding hydrogens is 248 g/mol. The zero-order valence-electron chi connectivity index (χ0n) is 12.2. The van der Waals surface area contributed by atoms with Gasteiger partial charge in [-0.15, -0.1) is 0 Å². The van der Waals surface area contributed by atoms with Gasteiger partial charge < -0.3 is 10.1 Å². The molecule has 3 heteroatoms. The Bertz CT molecular complexity index is 630. The number of nitriles is 1. The van der Waals surface area contributed by atoms with Crippen LogP contribution in [0, 0.1) is 11.3 Å². The van der Waals surface area contributed by atoms with Gasteiger partial charge in [0.2, 0.25) is 0 Å². The Kier molecular flexibility index (Phi) is 4.60. The first-order valence-electron chi connectivity index (χ1n) is 6.98. The van der Waals surface area contributed by atoms with Crippen molar-refractivity contribution in [2.75, 3.05) is 6.54 Å². The van der Waals surface area contributed by atoms with E-state index in [1.807, 2.05) is 18.2 Å². The average Bonchev–Trinajstić information content (AvgIpc) is 2.47. The molecule has 0 saturated heterocycles. The van der Waals surface area contributed by atoms with Crippen LogP contribution in [0.3, 0.4) is 0 Å². The molecule has 3 nitrogen and oxygen atoms in total. The molecule has 2 atom stereocenters. The van der Waals surface area contributed by atoms with Gasteiger partial charge in [-0.25, -0.2) is 0 Å². The molecule has 0 fully saturated rings. The Morgan fingerprint density at radius 3 is 2.65 bits per heavy atom. The van der Waals surface area contributed by atoms with Gasteiger partial charge in [0.05, 0.1) is 0 Å². The van der Waals surface area contributed by atoms with Crippen molar-refractivity contribution in [1.82, 2.24) is 5.32 Å². The molecule has 0 heterocycles. The van der Waals surface area contributed by atoms with E-state index in [9.17, 15) is 0 Å². The molecule has 104 valence electrons. The molecule has 0 radical (unpaired) electrons. The van der Waals surface area contributed by atoms with Crippen LogP contribution in [0.1, 0.15) is 32.4 Å². The Morgan fingerprint density at radius 2 is 1.95 bits per heavy atom. The monoisotopic (exact) mass is 268 g/mol. The largest absolute Gasteiger partial charge is 0.475 e. The number of nitrogens with zero attached hydrogens (tertiary/aromatic N) is 1. The topological polar surface area (TPSA) is 45.0 Å². The number of rotatable bonds is 5. The van der Waals surface area contributed by atoms with Crippen molar-refractivity contribution in [3.63, 3.8) is 0 Å². The summed E-state index contributed by atoms with van der Waals surface area (Å²) < 4.78 is 5.87. The number of nitrogens with one attached hydrogen (secondary N) is 1. The maximum Gasteiger partial charge on any atom is 0.181 e. The van der Waals surface area contributed by atoms with Gasteiger partial charge in [0.25, 0.3) is 0 Å². The summed E-state index contributed by atoms with van der Waals surface area (Å²) in [7, 11) is 0. The van der Waals surface area contributed by atoms with Crippen LogP contribution in [0.2, 0.25) is 0 Å². The summed E-state index contributed by atoms with van der Waals surface area (Å²) in [5, 5.41) is 14.6. The average molecular weight is 268 g/mol. The number of ether oxygens (including phenoxy) is 1. The summed E-state index contributed by atoms with van der Waals surface area (Å²) >= 11 is 0. The van der Waals surface area contributed by atoms with E-state index in [1.54, 1.807) is 6.92 Å². The van der Waals surface area contributed by atoms with Crippen LogP contribution in [-0.4, -0.2) is 12.6 Å². The third-order valence-electron chi connectivity index (χ3n) is 3.36. The molecule has 2 rings (SSSR count). The van der Waals surface area contributed by atoms with Crippen molar-refractivity contribution < 1.29 is 4.74 Å². The second-order valence-electron chi connectivity index (χ2n) is 4.87. The van der Waals surface area contributed by atoms with E-state index in [2.05, 4.69) is 43.4 Å². The molecule has 0 aromatic heterocycles. The molecule has 2 aromatic rings. The third-order valence-corrected chi connectivity index (χ3v) is 3.36. The Hall–Kier alpha value is -2.05. The number of fused-ring (bicyclic) bond motifs is 1. The highest BCUT2D eigenvalue weighted by Crippen LogP contribution is 2.34. The second-order valence-corrected chi connectivity index (χ2v) is 4.87. The highest BCUT2D eigenvalue weighted by molar-refractivity contribution is 5.89. The lowest BCUT2D eigenvalue weighted by molar-refractivity contribution is 0.275. The Labute approximate surface area is 120 Å². The van der Waals surface area contributed by atoms with Crippen LogP contribution in [0.5, 0.6) is 5.75 Å². The molecule has 0 bridgehead atoms. The van der Waals surface area contributed by atoms with Crippen LogP contribution in [0.4, 0.5) is 0 Å². The van der Waals surface area contributed by atoms with Crippen LogP contribution in [-0.2, 0) is 0 Å². The Morgan fingerprint density at radius 1 is 1.20 bits per heavy atom. The van der Waals surface area contributed by atoms with Gasteiger partial charge in [-0.3, -0.25) is 0 Å². The number of hydrogen-bond donors (Lipinski definition) is 1. The SMILES string of the molecule is CCNC(C)c1ccc2ccccc2c1OC(C)C#N. The molecule has 1 N–H and O–H groups in total. The molecule has 2 aromatic carbocycles. The number of benzene rings is 2. The molecule has 20 heavy (non-hydrogen) atoms. The summed E-state index contributed by atoms with van der Waals surface area (Å²) in [6.07, 6.45) is -0.464. The van der Waals surface area contributed by atoms with E-state index in [-0.39, 0.29) is 6.04 Å². The van der Waals surface area contributed by atoms with Crippen LogP contribution >= 0.6 is 0 Å². The third kappa shape index (κ3) is 2.92. The van der Waals surface area contributed by atoms with E-state index >= 15 is 0 Å². The predicted octanol–water partition coefficient (Wildman–Crippen LogP) is 3.80. The van der Waals surface area contributed by atoms with E-state index in [1.165, 1.54) is 0 Å². The van der Waals surface area contributed by atoms with Crippen LogP contribution in [0.15, 0.2) is 36.4 Å². The zero-order chi connectivity index (χ0) is 14.5. The predicted molar refractivity (Wildman–Crippen MR) is 81.7 cm³/mol. The molecule has 0 aliphatic rings. The highest BCUT2D eigenvalue weighted by atomic mass is 16.5. The van der Waals surface area contributed by atoms with Gasteiger partial charge in [0, 0.05) is 17.0 Å². The molecule has 0 aliphatic carbocycles. The van der Waals surface area contributed by atoms with Crippen molar-refractivity contribution >= 4 is 10.8 Å². The summed E-state index contributed by atoms with van der Waals surface area (Å²) in [5.74, 6) is 0.811. The fourth-order valence-electron chi connectivity index (χ4n) is 2.35. The fraction of sp³-hybridized carbons (Fsp3) is 0.353. The minimum absolute atomic E-state index is 0.186. The van der Waals surface area contributed by atoms with E-state index in [0.29, 0.717) is 0 Å². The van der Waals surface area contributed by atoms with E-state index in [0.717, 1.165) is 28.6 Å².